The Labute approximate surface area is 150 Å². The van der Waals surface area contributed by atoms with Gasteiger partial charge in [-0.25, -0.2) is 4.99 Å². The van der Waals surface area contributed by atoms with E-state index in [4.69, 9.17) is 9.73 Å². The fourth-order valence-corrected chi connectivity index (χ4v) is 2.95. The van der Waals surface area contributed by atoms with E-state index >= 15 is 0 Å². The summed E-state index contributed by atoms with van der Waals surface area (Å²) in [6.07, 6.45) is 1.64. The maximum atomic E-state index is 11.9. The van der Waals surface area contributed by atoms with Crippen LogP contribution in [0.1, 0.15) is 37.8 Å². The van der Waals surface area contributed by atoms with E-state index in [0.717, 1.165) is 31.0 Å². The summed E-state index contributed by atoms with van der Waals surface area (Å²) < 4.78 is 5.17. The Balaban J connectivity index is 2.05. The van der Waals surface area contributed by atoms with Crippen LogP contribution in [0.3, 0.4) is 0 Å². The van der Waals surface area contributed by atoms with Crippen molar-refractivity contribution in [2.45, 2.75) is 45.8 Å². The Kier molecular flexibility index (Phi) is 7.73. The fraction of sp³-hybridized carbons (Fsp3) is 0.579. The van der Waals surface area contributed by atoms with E-state index in [1.807, 2.05) is 24.0 Å². The smallest absolute Gasteiger partial charge is 0.222 e. The predicted octanol–water partition coefficient (Wildman–Crippen LogP) is 1.90. The van der Waals surface area contributed by atoms with E-state index in [9.17, 15) is 4.79 Å². The summed E-state index contributed by atoms with van der Waals surface area (Å²) in [6.45, 7) is 7.64. The molecule has 1 heterocycles. The molecule has 0 aromatic heterocycles. The lowest BCUT2D eigenvalue weighted by Gasteiger charge is -2.19. The number of aliphatic imine (C=N–C) groups is 1. The molecule has 1 atom stereocenters. The minimum absolute atomic E-state index is 0.181. The van der Waals surface area contributed by atoms with Gasteiger partial charge in [-0.2, -0.15) is 0 Å². The number of benzene rings is 1. The van der Waals surface area contributed by atoms with Crippen LogP contribution < -0.4 is 10.6 Å². The highest BCUT2D eigenvalue weighted by molar-refractivity contribution is 5.80. The van der Waals surface area contributed by atoms with Crippen LogP contribution >= 0.6 is 0 Å². The van der Waals surface area contributed by atoms with Gasteiger partial charge in [-0.05, 0) is 31.4 Å². The fourth-order valence-electron chi connectivity index (χ4n) is 2.95. The second-order valence-corrected chi connectivity index (χ2v) is 6.38. The number of hydrogen-bond acceptors (Lipinski definition) is 3. The summed E-state index contributed by atoms with van der Waals surface area (Å²) in [5, 5.41) is 6.60. The molecule has 6 nitrogen and oxygen atoms in total. The Morgan fingerprint density at radius 1 is 1.36 bits per heavy atom. The lowest BCUT2D eigenvalue weighted by atomic mass is 10.1. The lowest BCUT2D eigenvalue weighted by Crippen LogP contribution is -2.43. The van der Waals surface area contributed by atoms with Gasteiger partial charge in [0.15, 0.2) is 5.96 Å². The number of ether oxygens (including phenoxy) is 1. The highest BCUT2D eigenvalue weighted by Gasteiger charge is 2.20. The Morgan fingerprint density at radius 2 is 2.12 bits per heavy atom. The molecule has 0 spiro atoms. The summed E-state index contributed by atoms with van der Waals surface area (Å²) in [7, 11) is 1.69. The zero-order valence-electron chi connectivity index (χ0n) is 15.5. The molecule has 138 valence electrons. The topological polar surface area (TPSA) is 66.0 Å². The van der Waals surface area contributed by atoms with Gasteiger partial charge in [0.1, 0.15) is 0 Å². The zero-order chi connectivity index (χ0) is 18.1. The summed E-state index contributed by atoms with van der Waals surface area (Å²) in [5.41, 5.74) is 2.32. The third-order valence-electron chi connectivity index (χ3n) is 4.20. The van der Waals surface area contributed by atoms with Crippen molar-refractivity contribution < 1.29 is 9.53 Å². The van der Waals surface area contributed by atoms with Crippen molar-refractivity contribution in [1.82, 2.24) is 15.5 Å². The second kappa shape index (κ2) is 10.0. The lowest BCUT2D eigenvalue weighted by molar-refractivity contribution is -0.128. The third kappa shape index (κ3) is 6.05. The highest BCUT2D eigenvalue weighted by atomic mass is 16.5. The van der Waals surface area contributed by atoms with E-state index in [1.54, 1.807) is 7.11 Å². The number of amides is 1. The van der Waals surface area contributed by atoms with Crippen molar-refractivity contribution in [1.29, 1.82) is 0 Å². The molecule has 2 N–H and O–H groups in total. The maximum Gasteiger partial charge on any atom is 0.222 e. The molecule has 0 aliphatic carbocycles. The SMILES string of the molecule is CCNC(=NCc1ccccc1CN1CCCC1=O)NC(C)COC. The first-order chi connectivity index (χ1) is 12.1. The number of likely N-dealkylation sites (tertiary alicyclic amines) is 1. The first kappa shape index (κ1) is 19.2. The number of methoxy groups -OCH3 is 1. The van der Waals surface area contributed by atoms with Gasteiger partial charge in [-0.1, -0.05) is 24.3 Å². The van der Waals surface area contributed by atoms with Crippen LogP contribution in [0.5, 0.6) is 0 Å². The second-order valence-electron chi connectivity index (χ2n) is 6.38. The minimum atomic E-state index is 0.181. The first-order valence-electron chi connectivity index (χ1n) is 9.02. The van der Waals surface area contributed by atoms with Crippen LogP contribution in [0.25, 0.3) is 0 Å². The number of rotatable bonds is 8. The van der Waals surface area contributed by atoms with Crippen molar-refractivity contribution in [2.75, 3.05) is 26.8 Å². The normalized spacial score (nSPS) is 16.2. The van der Waals surface area contributed by atoms with Crippen LogP contribution in [0.2, 0.25) is 0 Å². The van der Waals surface area contributed by atoms with Crippen LogP contribution in [0.4, 0.5) is 0 Å². The van der Waals surface area contributed by atoms with E-state index < -0.39 is 0 Å². The van der Waals surface area contributed by atoms with Gasteiger partial charge in [-0.15, -0.1) is 0 Å². The molecule has 25 heavy (non-hydrogen) atoms. The molecule has 1 aromatic carbocycles. The summed E-state index contributed by atoms with van der Waals surface area (Å²) in [6, 6.07) is 8.40. The summed E-state index contributed by atoms with van der Waals surface area (Å²) >= 11 is 0. The van der Waals surface area contributed by atoms with Crippen molar-refractivity contribution in [3.63, 3.8) is 0 Å². The van der Waals surface area contributed by atoms with Crippen molar-refractivity contribution >= 4 is 11.9 Å². The van der Waals surface area contributed by atoms with E-state index in [0.29, 0.717) is 26.1 Å². The molecular weight excluding hydrogens is 316 g/mol. The van der Waals surface area contributed by atoms with Gasteiger partial charge in [0.25, 0.3) is 0 Å². The van der Waals surface area contributed by atoms with Gasteiger partial charge >= 0.3 is 0 Å². The molecule has 1 aromatic rings. The molecule has 2 rings (SSSR count). The summed E-state index contributed by atoms with van der Waals surface area (Å²) in [4.78, 5) is 18.5. The molecule has 1 fully saturated rings. The van der Waals surface area contributed by atoms with E-state index in [2.05, 4.69) is 29.7 Å². The molecule has 1 aliphatic rings. The maximum absolute atomic E-state index is 11.9. The van der Waals surface area contributed by atoms with Gasteiger partial charge in [0.05, 0.1) is 13.2 Å². The molecule has 1 unspecified atom stereocenters. The first-order valence-corrected chi connectivity index (χ1v) is 9.02. The molecule has 1 amide bonds. The van der Waals surface area contributed by atoms with Gasteiger partial charge in [0.2, 0.25) is 5.91 Å². The van der Waals surface area contributed by atoms with Gasteiger partial charge in [0, 0.05) is 39.2 Å². The number of nitrogens with zero attached hydrogens (tertiary/aromatic N) is 2. The third-order valence-corrected chi connectivity index (χ3v) is 4.20. The molecule has 1 saturated heterocycles. The predicted molar refractivity (Wildman–Crippen MR) is 100 cm³/mol. The Hall–Kier alpha value is -2.08. The average molecular weight is 346 g/mol. The average Bonchev–Trinajstić information content (AvgIpc) is 2.99. The van der Waals surface area contributed by atoms with Gasteiger partial charge < -0.3 is 20.3 Å². The van der Waals surface area contributed by atoms with Crippen LogP contribution in [-0.4, -0.2) is 49.6 Å². The van der Waals surface area contributed by atoms with Crippen molar-refractivity contribution in [2.24, 2.45) is 4.99 Å². The largest absolute Gasteiger partial charge is 0.383 e. The van der Waals surface area contributed by atoms with Crippen molar-refractivity contribution in [3.8, 4) is 0 Å². The van der Waals surface area contributed by atoms with E-state index in [-0.39, 0.29) is 11.9 Å². The summed E-state index contributed by atoms with van der Waals surface area (Å²) in [5.74, 6) is 1.03. The van der Waals surface area contributed by atoms with Crippen LogP contribution in [0.15, 0.2) is 29.3 Å². The molecule has 6 heteroatoms. The number of hydrogen-bond donors (Lipinski definition) is 2. The molecule has 0 saturated carbocycles. The van der Waals surface area contributed by atoms with Crippen LogP contribution in [0, 0.1) is 0 Å². The standard InChI is InChI=1S/C19H30N4O2/c1-4-20-19(22-15(2)14-25-3)21-12-16-8-5-6-9-17(16)13-23-11-7-10-18(23)24/h5-6,8-9,15H,4,7,10-14H2,1-3H3,(H2,20,21,22). The molecular formula is C19H30N4O2. The number of carbonyl (C=O) groups is 1. The monoisotopic (exact) mass is 346 g/mol. The minimum Gasteiger partial charge on any atom is -0.383 e. The van der Waals surface area contributed by atoms with E-state index in [1.165, 1.54) is 5.56 Å². The number of guanidine groups is 1. The molecule has 0 radical (unpaired) electrons. The van der Waals surface area contributed by atoms with Crippen LogP contribution in [-0.2, 0) is 22.6 Å². The highest BCUT2D eigenvalue weighted by Crippen LogP contribution is 2.17. The zero-order valence-corrected chi connectivity index (χ0v) is 15.5. The quantitative estimate of drug-likeness (QED) is 0.557. The Morgan fingerprint density at radius 3 is 2.76 bits per heavy atom. The molecule has 1 aliphatic heterocycles. The van der Waals surface area contributed by atoms with Gasteiger partial charge in [-0.3, -0.25) is 4.79 Å². The number of carbonyl (C=O) groups excluding carboxylic acids is 1. The molecule has 0 bridgehead atoms. The van der Waals surface area contributed by atoms with Crippen molar-refractivity contribution in [3.05, 3.63) is 35.4 Å². The number of nitrogens with one attached hydrogen (secondary N) is 2. The Bertz CT molecular complexity index is 589.